The van der Waals surface area contributed by atoms with Crippen molar-refractivity contribution in [2.45, 2.75) is 19.3 Å². The van der Waals surface area contributed by atoms with E-state index < -0.39 is 11.1 Å². The van der Waals surface area contributed by atoms with Crippen molar-refractivity contribution in [3.63, 3.8) is 0 Å². The summed E-state index contributed by atoms with van der Waals surface area (Å²) >= 11 is 0. The number of nitro benzene ring substituents is 1. The van der Waals surface area contributed by atoms with Crippen molar-refractivity contribution in [3.8, 4) is 17.2 Å². The molecule has 4 aromatic rings. The zero-order chi connectivity index (χ0) is 28.2. The van der Waals surface area contributed by atoms with Gasteiger partial charge in [0.05, 0.1) is 37.5 Å². The summed E-state index contributed by atoms with van der Waals surface area (Å²) in [4.78, 5) is 29.2. The predicted molar refractivity (Wildman–Crippen MR) is 151 cm³/mol. The molecule has 0 saturated heterocycles. The van der Waals surface area contributed by atoms with E-state index in [9.17, 15) is 14.9 Å². The van der Waals surface area contributed by atoms with Gasteiger partial charge in [-0.15, -0.1) is 0 Å². The largest absolute Gasteiger partial charge is 0.493 e. The minimum atomic E-state index is -0.601. The molecule has 0 radical (unpaired) electrons. The fourth-order valence-electron chi connectivity index (χ4n) is 5.13. The third-order valence-electron chi connectivity index (χ3n) is 6.96. The van der Waals surface area contributed by atoms with Crippen molar-refractivity contribution < 1.29 is 23.9 Å². The second kappa shape index (κ2) is 11.4. The summed E-state index contributed by atoms with van der Waals surface area (Å²) in [5.41, 5.74) is 3.39. The van der Waals surface area contributed by atoms with E-state index in [-0.39, 0.29) is 23.7 Å². The van der Waals surface area contributed by atoms with Crippen LogP contribution in [0.1, 0.15) is 33.2 Å². The van der Waals surface area contributed by atoms with Gasteiger partial charge in [-0.2, -0.15) is 0 Å². The fourth-order valence-corrected chi connectivity index (χ4v) is 5.13. The number of ether oxygens (including phenoxy) is 3. The summed E-state index contributed by atoms with van der Waals surface area (Å²) in [6.07, 6.45) is -0.601. The molecule has 0 saturated carbocycles. The van der Waals surface area contributed by atoms with Crippen molar-refractivity contribution in [2.24, 2.45) is 0 Å². The number of carbonyl (C=O) groups is 1. The number of anilines is 1. The Balaban J connectivity index is 1.75. The van der Waals surface area contributed by atoms with E-state index in [0.717, 1.165) is 16.7 Å². The summed E-state index contributed by atoms with van der Waals surface area (Å²) in [6, 6.07) is 27.6. The molecule has 1 unspecified atom stereocenters. The first-order valence-electron chi connectivity index (χ1n) is 12.7. The molecule has 1 aliphatic rings. The van der Waals surface area contributed by atoms with Crippen LogP contribution in [0.15, 0.2) is 91.0 Å². The number of nitrogens with zero attached hydrogens (tertiary/aromatic N) is 3. The standard InChI is InChI=1S/C31H29N3O6/c1-38-27-16-23(17-28(39-2)29(27)40-3)30-32(19-21-10-6-4-7-11-21)26-15-14-24(34(36)37)18-25(26)31(35)33(30)20-22-12-8-5-9-13-22/h4-18,30H,19-20H2,1-3H3. The topological polar surface area (TPSA) is 94.4 Å². The van der Waals surface area contributed by atoms with Gasteiger partial charge in [-0.05, 0) is 29.3 Å². The lowest BCUT2D eigenvalue weighted by atomic mass is 9.98. The van der Waals surface area contributed by atoms with E-state index in [1.54, 1.807) is 25.2 Å². The third kappa shape index (κ3) is 5.01. The van der Waals surface area contributed by atoms with Crippen molar-refractivity contribution in [1.82, 2.24) is 4.90 Å². The highest BCUT2D eigenvalue weighted by Gasteiger charge is 2.40. The number of methoxy groups -OCH3 is 3. The number of hydrogen-bond acceptors (Lipinski definition) is 7. The van der Waals surface area contributed by atoms with E-state index >= 15 is 0 Å². The van der Waals surface area contributed by atoms with Gasteiger partial charge < -0.3 is 24.0 Å². The first-order chi connectivity index (χ1) is 19.4. The lowest BCUT2D eigenvalue weighted by Crippen LogP contribution is -2.48. The van der Waals surface area contributed by atoms with Gasteiger partial charge in [-0.3, -0.25) is 14.9 Å². The van der Waals surface area contributed by atoms with E-state index in [1.807, 2.05) is 72.8 Å². The molecule has 1 heterocycles. The molecule has 0 aliphatic carbocycles. The lowest BCUT2D eigenvalue weighted by molar-refractivity contribution is -0.384. The van der Waals surface area contributed by atoms with Crippen LogP contribution in [0.4, 0.5) is 11.4 Å². The molecule has 5 rings (SSSR count). The monoisotopic (exact) mass is 539 g/mol. The minimum Gasteiger partial charge on any atom is -0.493 e. The summed E-state index contributed by atoms with van der Waals surface area (Å²) in [6.45, 7) is 0.708. The van der Waals surface area contributed by atoms with Crippen LogP contribution in [0.25, 0.3) is 0 Å². The molecular formula is C31H29N3O6. The molecule has 0 bridgehead atoms. The fraction of sp³-hybridized carbons (Fsp3) is 0.194. The number of nitro groups is 1. The quantitative estimate of drug-likeness (QED) is 0.191. The maximum Gasteiger partial charge on any atom is 0.270 e. The molecule has 9 nitrogen and oxygen atoms in total. The smallest absolute Gasteiger partial charge is 0.270 e. The number of hydrogen-bond donors (Lipinski definition) is 0. The number of fused-ring (bicyclic) bond motifs is 1. The normalized spacial score (nSPS) is 14.5. The molecule has 1 atom stereocenters. The van der Waals surface area contributed by atoms with Crippen LogP contribution in [0.3, 0.4) is 0 Å². The minimum absolute atomic E-state index is 0.141. The number of carbonyl (C=O) groups excluding carboxylic acids is 1. The highest BCUT2D eigenvalue weighted by atomic mass is 16.6. The lowest BCUT2D eigenvalue weighted by Gasteiger charge is -2.46. The van der Waals surface area contributed by atoms with E-state index in [4.69, 9.17) is 14.2 Å². The molecule has 1 aliphatic heterocycles. The first-order valence-corrected chi connectivity index (χ1v) is 12.7. The van der Waals surface area contributed by atoms with Crippen molar-refractivity contribution in [2.75, 3.05) is 26.2 Å². The van der Waals surface area contributed by atoms with Crippen molar-refractivity contribution >= 4 is 17.3 Å². The van der Waals surface area contributed by atoms with E-state index in [0.29, 0.717) is 29.5 Å². The SMILES string of the molecule is COc1cc(C2N(Cc3ccccc3)C(=O)c3cc([N+](=O)[O-])ccc3N2Cc2ccccc2)cc(OC)c1OC. The zero-order valence-corrected chi connectivity index (χ0v) is 22.4. The number of benzene rings is 4. The third-order valence-corrected chi connectivity index (χ3v) is 6.96. The second-order valence-electron chi connectivity index (χ2n) is 9.32. The molecular weight excluding hydrogens is 510 g/mol. The number of non-ortho nitro benzene ring substituents is 1. The Labute approximate surface area is 232 Å². The van der Waals surface area contributed by atoms with Gasteiger partial charge in [-0.1, -0.05) is 60.7 Å². The Morgan fingerprint density at radius 3 is 1.80 bits per heavy atom. The Morgan fingerprint density at radius 1 is 0.750 bits per heavy atom. The summed E-state index contributed by atoms with van der Waals surface area (Å²) < 4.78 is 16.9. The van der Waals surface area contributed by atoms with Crippen LogP contribution >= 0.6 is 0 Å². The molecule has 0 N–H and O–H groups in total. The number of rotatable bonds is 9. The van der Waals surface area contributed by atoms with Gasteiger partial charge in [0.2, 0.25) is 5.75 Å². The van der Waals surface area contributed by atoms with Gasteiger partial charge in [0.25, 0.3) is 11.6 Å². The Morgan fingerprint density at radius 2 is 1.30 bits per heavy atom. The van der Waals surface area contributed by atoms with E-state index in [1.165, 1.54) is 19.2 Å². The Hall–Kier alpha value is -5.05. The average molecular weight is 540 g/mol. The van der Waals surface area contributed by atoms with Crippen LogP contribution < -0.4 is 19.1 Å². The summed E-state index contributed by atoms with van der Waals surface area (Å²) in [5, 5.41) is 11.7. The van der Waals surface area contributed by atoms with Crippen LogP contribution in [-0.2, 0) is 13.1 Å². The maximum atomic E-state index is 14.2. The average Bonchev–Trinajstić information content (AvgIpc) is 2.99. The predicted octanol–water partition coefficient (Wildman–Crippen LogP) is 5.98. The van der Waals surface area contributed by atoms with Crippen LogP contribution in [0.5, 0.6) is 17.2 Å². The zero-order valence-electron chi connectivity index (χ0n) is 22.4. The molecule has 0 aromatic heterocycles. The van der Waals surface area contributed by atoms with Crippen molar-refractivity contribution in [1.29, 1.82) is 0 Å². The number of amides is 1. The Kier molecular flexibility index (Phi) is 7.54. The Bertz CT molecular complexity index is 1500. The van der Waals surface area contributed by atoms with Gasteiger partial charge in [0.1, 0.15) is 6.17 Å². The molecule has 4 aromatic carbocycles. The maximum absolute atomic E-state index is 14.2. The molecule has 1 amide bonds. The molecule has 0 spiro atoms. The van der Waals surface area contributed by atoms with Crippen LogP contribution in [0.2, 0.25) is 0 Å². The molecule has 40 heavy (non-hydrogen) atoms. The van der Waals surface area contributed by atoms with E-state index in [2.05, 4.69) is 4.90 Å². The second-order valence-corrected chi connectivity index (χ2v) is 9.32. The van der Waals surface area contributed by atoms with Gasteiger partial charge in [-0.25, -0.2) is 0 Å². The van der Waals surface area contributed by atoms with Crippen molar-refractivity contribution in [3.05, 3.63) is 123 Å². The van der Waals surface area contributed by atoms with Gasteiger partial charge >= 0.3 is 0 Å². The van der Waals surface area contributed by atoms with Gasteiger partial charge in [0.15, 0.2) is 11.5 Å². The first kappa shape index (κ1) is 26.6. The van der Waals surface area contributed by atoms with Gasteiger partial charge in [0, 0.05) is 30.8 Å². The summed E-state index contributed by atoms with van der Waals surface area (Å²) in [7, 11) is 4.63. The molecule has 9 heteroatoms. The van der Waals surface area contributed by atoms with Crippen LogP contribution in [0, 0.1) is 10.1 Å². The summed E-state index contributed by atoms with van der Waals surface area (Å²) in [5.74, 6) is 1.04. The highest BCUT2D eigenvalue weighted by molar-refractivity contribution is 6.02. The highest BCUT2D eigenvalue weighted by Crippen LogP contribution is 2.46. The molecule has 204 valence electrons. The molecule has 0 fully saturated rings. The van der Waals surface area contributed by atoms with Crippen LogP contribution in [-0.4, -0.2) is 37.1 Å².